The van der Waals surface area contributed by atoms with Crippen LogP contribution in [0.5, 0.6) is 11.6 Å². The summed E-state index contributed by atoms with van der Waals surface area (Å²) in [4.78, 5) is 53.6. The largest absolute Gasteiger partial charge is 0.436 e. The number of nitrogens with one attached hydrogen (secondary N) is 1. The lowest BCUT2D eigenvalue weighted by Crippen LogP contribution is -2.50. The van der Waals surface area contributed by atoms with Crippen LogP contribution in [0, 0.1) is 23.5 Å². The molecule has 3 aliphatic rings. The Morgan fingerprint density at radius 1 is 1.02 bits per heavy atom. The van der Waals surface area contributed by atoms with Gasteiger partial charge in [-0.25, -0.2) is 28.1 Å². The number of nitrogens with zero attached hydrogens (tertiary/aromatic N) is 6. The number of amides is 1. The van der Waals surface area contributed by atoms with Crippen molar-refractivity contribution in [3.8, 4) is 17.3 Å². The van der Waals surface area contributed by atoms with Crippen LogP contribution in [0.4, 0.5) is 14.5 Å². The predicted molar refractivity (Wildman–Crippen MR) is 170 cm³/mol. The fourth-order valence-electron chi connectivity index (χ4n) is 6.55. The number of anilines is 1. The molecule has 0 radical (unpaired) electrons. The fourth-order valence-corrected chi connectivity index (χ4v) is 6.55. The molecule has 13 heteroatoms. The summed E-state index contributed by atoms with van der Waals surface area (Å²) in [5.41, 5.74) is 0.145. The standard InChI is InChI=1S/C34H35F2N7O4/c1-40-14-22(15-40)16-41-12-11-26-29(19-41)37-20-38-32(26)47-30-10-7-24(13-28(30)36)39-31(44)27-18-42(17-21-3-2-4-21)34(46)43(33(27)45)25-8-5-23(35)6-9-25/h5-10,13,18,20-22H,2-4,11-12,14-17,19H2,1H3,(H,39,44). The van der Waals surface area contributed by atoms with Crippen molar-refractivity contribution in [2.75, 3.05) is 38.5 Å². The van der Waals surface area contributed by atoms with Crippen molar-refractivity contribution in [2.24, 2.45) is 11.8 Å². The molecule has 244 valence electrons. The second-order valence-corrected chi connectivity index (χ2v) is 12.8. The molecule has 1 saturated heterocycles. The quantitative estimate of drug-likeness (QED) is 0.293. The van der Waals surface area contributed by atoms with Gasteiger partial charge < -0.3 is 15.0 Å². The number of hydrogen-bond acceptors (Lipinski definition) is 8. The first kappa shape index (κ1) is 30.9. The molecule has 0 unspecified atom stereocenters. The summed E-state index contributed by atoms with van der Waals surface area (Å²) < 4.78 is 37.0. The molecule has 1 aliphatic carbocycles. The highest BCUT2D eigenvalue weighted by molar-refractivity contribution is 6.03. The predicted octanol–water partition coefficient (Wildman–Crippen LogP) is 3.83. The van der Waals surface area contributed by atoms with Crippen molar-refractivity contribution in [3.05, 3.63) is 104 Å². The van der Waals surface area contributed by atoms with Gasteiger partial charge in [-0.2, -0.15) is 0 Å². The van der Waals surface area contributed by atoms with Crippen LogP contribution in [-0.4, -0.2) is 68.0 Å². The molecule has 4 heterocycles. The van der Waals surface area contributed by atoms with Crippen LogP contribution < -0.4 is 21.3 Å². The van der Waals surface area contributed by atoms with Gasteiger partial charge in [0.25, 0.3) is 11.5 Å². The van der Waals surface area contributed by atoms with E-state index in [1.807, 2.05) is 0 Å². The average molecular weight is 644 g/mol. The van der Waals surface area contributed by atoms with Crippen LogP contribution in [0.25, 0.3) is 5.69 Å². The van der Waals surface area contributed by atoms with E-state index in [4.69, 9.17) is 4.74 Å². The fraction of sp³-hybridized carbons (Fsp3) is 0.382. The van der Waals surface area contributed by atoms with Gasteiger partial charge >= 0.3 is 5.69 Å². The number of halogens is 2. The lowest BCUT2D eigenvalue weighted by atomic mass is 9.85. The number of benzene rings is 2. The minimum absolute atomic E-state index is 0.0726. The van der Waals surface area contributed by atoms with E-state index in [1.54, 1.807) is 0 Å². The molecule has 11 nitrogen and oxygen atoms in total. The topological polar surface area (TPSA) is 115 Å². The molecule has 47 heavy (non-hydrogen) atoms. The van der Waals surface area contributed by atoms with Gasteiger partial charge in [-0.1, -0.05) is 6.42 Å². The summed E-state index contributed by atoms with van der Waals surface area (Å²) >= 11 is 0. The third kappa shape index (κ3) is 6.45. The van der Waals surface area contributed by atoms with E-state index >= 15 is 4.39 Å². The average Bonchev–Trinajstić information content (AvgIpc) is 3.01. The Kier molecular flexibility index (Phi) is 8.41. The third-order valence-corrected chi connectivity index (χ3v) is 9.26. The highest BCUT2D eigenvalue weighted by Gasteiger charge is 2.29. The first-order valence-electron chi connectivity index (χ1n) is 15.9. The minimum atomic E-state index is -0.864. The highest BCUT2D eigenvalue weighted by Crippen LogP contribution is 2.32. The summed E-state index contributed by atoms with van der Waals surface area (Å²) in [5.74, 6) is -0.954. The smallest absolute Gasteiger partial charge is 0.335 e. The maximum absolute atomic E-state index is 15.3. The number of fused-ring (bicyclic) bond motifs is 1. The molecule has 1 amide bonds. The summed E-state index contributed by atoms with van der Waals surface area (Å²) in [7, 11) is 2.12. The Labute approximate surface area is 269 Å². The van der Waals surface area contributed by atoms with Gasteiger partial charge in [0.05, 0.1) is 11.4 Å². The zero-order chi connectivity index (χ0) is 32.7. The summed E-state index contributed by atoms with van der Waals surface area (Å²) in [6, 6.07) is 8.83. The van der Waals surface area contributed by atoms with E-state index in [9.17, 15) is 18.8 Å². The zero-order valence-corrected chi connectivity index (χ0v) is 26.0. The number of carbonyl (C=O) groups is 1. The van der Waals surface area contributed by atoms with E-state index < -0.39 is 28.8 Å². The number of ether oxygens (including phenoxy) is 1. The highest BCUT2D eigenvalue weighted by atomic mass is 19.1. The van der Waals surface area contributed by atoms with Crippen LogP contribution in [0.15, 0.2) is 64.6 Å². The van der Waals surface area contributed by atoms with Crippen molar-refractivity contribution in [3.63, 3.8) is 0 Å². The van der Waals surface area contributed by atoms with Crippen LogP contribution >= 0.6 is 0 Å². The molecule has 1 N–H and O–H groups in total. The molecule has 2 fully saturated rings. The number of likely N-dealkylation sites (tertiary alicyclic amines) is 1. The molecule has 0 spiro atoms. The minimum Gasteiger partial charge on any atom is -0.436 e. The number of aromatic nitrogens is 4. The van der Waals surface area contributed by atoms with Gasteiger partial charge in [0.15, 0.2) is 11.6 Å². The third-order valence-electron chi connectivity index (χ3n) is 9.26. The van der Waals surface area contributed by atoms with Gasteiger partial charge in [-0.3, -0.25) is 19.1 Å². The molecule has 1 saturated carbocycles. The second-order valence-electron chi connectivity index (χ2n) is 12.8. The molecule has 4 aromatic rings. The van der Waals surface area contributed by atoms with Crippen molar-refractivity contribution in [1.82, 2.24) is 28.9 Å². The van der Waals surface area contributed by atoms with E-state index in [-0.39, 0.29) is 28.6 Å². The molecule has 2 aromatic carbocycles. The molecule has 2 aliphatic heterocycles. The summed E-state index contributed by atoms with van der Waals surface area (Å²) in [6.07, 6.45) is 6.27. The van der Waals surface area contributed by atoms with Crippen LogP contribution in [0.1, 0.15) is 40.9 Å². The Bertz CT molecular complexity index is 1930. The van der Waals surface area contributed by atoms with Crippen molar-refractivity contribution < 1.29 is 18.3 Å². The van der Waals surface area contributed by atoms with Crippen LogP contribution in [0.2, 0.25) is 0 Å². The number of carbonyl (C=O) groups excluding carboxylic acids is 1. The van der Waals surface area contributed by atoms with Crippen molar-refractivity contribution in [1.29, 1.82) is 0 Å². The summed E-state index contributed by atoms with van der Waals surface area (Å²) in [6.45, 7) is 5.05. The van der Waals surface area contributed by atoms with Gasteiger partial charge in [-0.15, -0.1) is 0 Å². The van der Waals surface area contributed by atoms with E-state index in [0.29, 0.717) is 31.3 Å². The van der Waals surface area contributed by atoms with Crippen molar-refractivity contribution in [2.45, 2.75) is 38.8 Å². The van der Waals surface area contributed by atoms with E-state index in [2.05, 4.69) is 32.1 Å². The van der Waals surface area contributed by atoms with E-state index in [0.717, 1.165) is 79.5 Å². The van der Waals surface area contributed by atoms with E-state index in [1.165, 1.54) is 41.4 Å². The Hall–Kier alpha value is -4.75. The lowest BCUT2D eigenvalue weighted by Gasteiger charge is -2.40. The normalized spacial score (nSPS) is 17.1. The zero-order valence-electron chi connectivity index (χ0n) is 26.0. The number of hydrogen-bond donors (Lipinski definition) is 1. The number of rotatable bonds is 9. The van der Waals surface area contributed by atoms with Gasteiger partial charge in [0.1, 0.15) is 17.7 Å². The SMILES string of the molecule is CN1CC(CN2CCc3c(ncnc3Oc3ccc(NC(=O)c4cn(CC5CCC5)c(=O)n(-c5ccc(F)cc5)c4=O)cc3F)C2)C1. The summed E-state index contributed by atoms with van der Waals surface area (Å²) in [5, 5.41) is 2.57. The Morgan fingerprint density at radius 3 is 2.51 bits per heavy atom. The molecular formula is C34H35F2N7O4. The maximum atomic E-state index is 15.3. The monoisotopic (exact) mass is 643 g/mol. The van der Waals surface area contributed by atoms with Crippen LogP contribution in [-0.2, 0) is 19.5 Å². The molecular weight excluding hydrogens is 608 g/mol. The Morgan fingerprint density at radius 2 is 1.81 bits per heavy atom. The lowest BCUT2D eigenvalue weighted by molar-refractivity contribution is 0.0845. The van der Waals surface area contributed by atoms with Gasteiger partial charge in [0.2, 0.25) is 5.88 Å². The van der Waals surface area contributed by atoms with Crippen LogP contribution in [0.3, 0.4) is 0 Å². The van der Waals surface area contributed by atoms with Gasteiger partial charge in [-0.05, 0) is 74.5 Å². The molecule has 7 rings (SSSR count). The molecule has 0 bridgehead atoms. The first-order chi connectivity index (χ1) is 22.7. The Balaban J connectivity index is 1.09. The van der Waals surface area contributed by atoms with Crippen molar-refractivity contribution >= 4 is 11.6 Å². The molecule has 0 atom stereocenters. The maximum Gasteiger partial charge on any atom is 0.335 e. The molecule has 2 aromatic heterocycles. The van der Waals surface area contributed by atoms with Gasteiger partial charge in [0, 0.05) is 62.8 Å². The second kappa shape index (κ2) is 12.8. The first-order valence-corrected chi connectivity index (χ1v) is 15.9.